The smallest absolute Gasteiger partial charge is 0.319 e. The summed E-state index contributed by atoms with van der Waals surface area (Å²) in [7, 11) is 0. The van der Waals surface area contributed by atoms with Crippen LogP contribution in [-0.2, 0) is 0 Å². The third-order valence-electron chi connectivity index (χ3n) is 2.93. The lowest BCUT2D eigenvalue weighted by Crippen LogP contribution is -2.32. The number of hydrogen-bond donors (Lipinski definition) is 3. The van der Waals surface area contributed by atoms with Crippen molar-refractivity contribution in [3.05, 3.63) is 53.8 Å². The number of nitrogens with one attached hydrogen (secondary N) is 2. The first kappa shape index (κ1) is 14.4. The number of carbonyl (C=O) groups excluding carboxylic acids is 1. The van der Waals surface area contributed by atoms with Crippen LogP contribution < -0.4 is 10.6 Å². The Labute approximate surface area is 130 Å². The number of hydrogen-bond acceptors (Lipinski definition) is 5. The van der Waals surface area contributed by atoms with Crippen molar-refractivity contribution in [1.82, 2.24) is 5.32 Å². The van der Waals surface area contributed by atoms with Crippen molar-refractivity contribution < 1.29 is 18.7 Å². The van der Waals surface area contributed by atoms with Gasteiger partial charge in [0.1, 0.15) is 11.9 Å². The summed E-state index contributed by atoms with van der Waals surface area (Å²) in [5.74, 6) is 1.48. The Morgan fingerprint density at radius 1 is 1.23 bits per heavy atom. The summed E-state index contributed by atoms with van der Waals surface area (Å²) in [6.45, 7) is 0.0440. The summed E-state index contributed by atoms with van der Waals surface area (Å²) in [6, 6.07) is 10.1. The van der Waals surface area contributed by atoms with Crippen molar-refractivity contribution in [2.45, 2.75) is 6.10 Å². The quantitative estimate of drug-likeness (QED) is 0.672. The van der Waals surface area contributed by atoms with E-state index in [9.17, 15) is 9.90 Å². The first-order valence-electron chi connectivity index (χ1n) is 6.62. The van der Waals surface area contributed by atoms with Crippen LogP contribution in [0.25, 0.3) is 11.5 Å². The Hall–Kier alpha value is -2.51. The molecule has 1 atom stereocenters. The minimum Gasteiger partial charge on any atom is -0.461 e. The molecule has 0 aromatic carbocycles. The molecule has 0 aliphatic rings. The van der Waals surface area contributed by atoms with Gasteiger partial charge in [-0.3, -0.25) is 5.32 Å². The zero-order valence-corrected chi connectivity index (χ0v) is 12.3. The zero-order valence-electron chi connectivity index (χ0n) is 11.5. The molecule has 0 aliphatic heterocycles. The van der Waals surface area contributed by atoms with Crippen molar-refractivity contribution in [2.24, 2.45) is 0 Å². The summed E-state index contributed by atoms with van der Waals surface area (Å²) in [5.41, 5.74) is 0. The van der Waals surface area contributed by atoms with Crippen LogP contribution in [0.15, 0.2) is 56.9 Å². The maximum Gasteiger partial charge on any atom is 0.319 e. The van der Waals surface area contributed by atoms with Crippen LogP contribution in [0.2, 0.25) is 0 Å². The van der Waals surface area contributed by atoms with Crippen molar-refractivity contribution in [1.29, 1.82) is 0 Å². The third kappa shape index (κ3) is 3.38. The molecule has 0 fully saturated rings. The van der Waals surface area contributed by atoms with E-state index in [1.54, 1.807) is 36.6 Å². The van der Waals surface area contributed by atoms with Gasteiger partial charge in [-0.25, -0.2) is 4.79 Å². The van der Waals surface area contributed by atoms with Crippen molar-refractivity contribution in [3.8, 4) is 11.5 Å². The first-order chi connectivity index (χ1) is 10.7. The van der Waals surface area contributed by atoms with Gasteiger partial charge < -0.3 is 19.3 Å². The molecule has 3 aromatic rings. The number of furan rings is 2. The summed E-state index contributed by atoms with van der Waals surface area (Å²) in [5, 5.41) is 17.9. The molecule has 0 bridgehead atoms. The van der Waals surface area contributed by atoms with Gasteiger partial charge >= 0.3 is 6.03 Å². The fourth-order valence-corrected chi connectivity index (χ4v) is 2.49. The summed E-state index contributed by atoms with van der Waals surface area (Å²) in [4.78, 5) is 11.7. The Morgan fingerprint density at radius 2 is 2.14 bits per heavy atom. The molecule has 3 heterocycles. The molecule has 0 spiro atoms. The van der Waals surface area contributed by atoms with Gasteiger partial charge in [-0.05, 0) is 41.8 Å². The number of anilines is 1. The summed E-state index contributed by atoms with van der Waals surface area (Å²) < 4.78 is 10.7. The fraction of sp³-hybridized carbons (Fsp3) is 0.133. The second kappa shape index (κ2) is 6.50. The maximum atomic E-state index is 11.7. The predicted molar refractivity (Wildman–Crippen MR) is 82.7 cm³/mol. The molecule has 0 radical (unpaired) electrons. The molecule has 2 amide bonds. The van der Waals surface area contributed by atoms with Gasteiger partial charge in [-0.1, -0.05) is 0 Å². The van der Waals surface area contributed by atoms with Crippen LogP contribution in [0.5, 0.6) is 0 Å². The van der Waals surface area contributed by atoms with Crippen molar-refractivity contribution in [2.75, 3.05) is 11.9 Å². The van der Waals surface area contributed by atoms with Gasteiger partial charge in [0, 0.05) is 0 Å². The highest BCUT2D eigenvalue weighted by molar-refractivity contribution is 7.14. The van der Waals surface area contributed by atoms with Gasteiger partial charge in [0.25, 0.3) is 0 Å². The van der Waals surface area contributed by atoms with Crippen LogP contribution >= 0.6 is 11.3 Å². The Kier molecular flexibility index (Phi) is 4.27. The molecule has 1 unspecified atom stereocenters. The van der Waals surface area contributed by atoms with E-state index < -0.39 is 6.10 Å². The number of amides is 2. The molecule has 3 rings (SSSR count). The molecular weight excluding hydrogens is 304 g/mol. The average molecular weight is 318 g/mol. The molecule has 0 saturated heterocycles. The predicted octanol–water partition coefficient (Wildman–Crippen LogP) is 3.46. The topological polar surface area (TPSA) is 87.6 Å². The molecule has 0 aliphatic carbocycles. The highest BCUT2D eigenvalue weighted by atomic mass is 32.1. The van der Waals surface area contributed by atoms with E-state index in [1.807, 2.05) is 11.4 Å². The maximum absolute atomic E-state index is 11.7. The molecule has 114 valence electrons. The zero-order chi connectivity index (χ0) is 15.4. The molecule has 3 aromatic heterocycles. The van der Waals surface area contributed by atoms with Crippen LogP contribution in [0.1, 0.15) is 11.9 Å². The molecule has 0 saturated carbocycles. The number of aliphatic hydroxyl groups is 1. The molecule has 6 nitrogen and oxygen atoms in total. The van der Waals surface area contributed by atoms with E-state index in [1.165, 1.54) is 11.3 Å². The SMILES string of the molecule is O=C(NCC(O)c1ccc(-c2ccco2)o1)Nc1cccs1. The second-order valence-electron chi connectivity index (χ2n) is 4.51. The number of carbonyl (C=O) groups is 1. The normalized spacial score (nSPS) is 12.0. The van der Waals surface area contributed by atoms with Crippen LogP contribution in [0.3, 0.4) is 0 Å². The van der Waals surface area contributed by atoms with Gasteiger partial charge in [-0.15, -0.1) is 11.3 Å². The fourth-order valence-electron chi connectivity index (χ4n) is 1.88. The Morgan fingerprint density at radius 3 is 2.86 bits per heavy atom. The average Bonchev–Trinajstić information content (AvgIpc) is 3.23. The largest absolute Gasteiger partial charge is 0.461 e. The summed E-state index contributed by atoms with van der Waals surface area (Å²) in [6.07, 6.45) is 0.613. The van der Waals surface area contributed by atoms with Crippen molar-refractivity contribution in [3.63, 3.8) is 0 Å². The van der Waals surface area contributed by atoms with Gasteiger partial charge in [0.15, 0.2) is 11.5 Å². The van der Waals surface area contributed by atoms with Gasteiger partial charge in [-0.2, -0.15) is 0 Å². The lowest BCUT2D eigenvalue weighted by atomic mass is 10.3. The lowest BCUT2D eigenvalue weighted by Gasteiger charge is -2.10. The number of aliphatic hydroxyl groups excluding tert-OH is 1. The highest BCUT2D eigenvalue weighted by Crippen LogP contribution is 2.25. The monoisotopic (exact) mass is 318 g/mol. The second-order valence-corrected chi connectivity index (χ2v) is 5.46. The minimum absolute atomic E-state index is 0.0440. The summed E-state index contributed by atoms with van der Waals surface area (Å²) >= 11 is 1.42. The Bertz CT molecular complexity index is 719. The number of urea groups is 1. The van der Waals surface area contributed by atoms with Gasteiger partial charge in [0.2, 0.25) is 0 Å². The Balaban J connectivity index is 1.53. The number of thiophene rings is 1. The first-order valence-corrected chi connectivity index (χ1v) is 7.50. The molecule has 7 heteroatoms. The van der Waals surface area contributed by atoms with Crippen LogP contribution in [0.4, 0.5) is 9.80 Å². The molecule has 22 heavy (non-hydrogen) atoms. The van der Waals surface area contributed by atoms with E-state index >= 15 is 0 Å². The van der Waals surface area contributed by atoms with E-state index in [-0.39, 0.29) is 12.6 Å². The highest BCUT2D eigenvalue weighted by Gasteiger charge is 2.15. The molecule has 3 N–H and O–H groups in total. The lowest BCUT2D eigenvalue weighted by molar-refractivity contribution is 0.150. The minimum atomic E-state index is -0.933. The van der Waals surface area contributed by atoms with Crippen LogP contribution in [0, 0.1) is 0 Å². The van der Waals surface area contributed by atoms with E-state index in [0.717, 1.165) is 5.00 Å². The van der Waals surface area contributed by atoms with E-state index in [0.29, 0.717) is 17.3 Å². The van der Waals surface area contributed by atoms with Gasteiger partial charge in [0.05, 0.1) is 17.8 Å². The third-order valence-corrected chi connectivity index (χ3v) is 3.72. The molecular formula is C15H14N2O4S. The van der Waals surface area contributed by atoms with Crippen LogP contribution in [-0.4, -0.2) is 17.7 Å². The van der Waals surface area contributed by atoms with E-state index in [4.69, 9.17) is 8.83 Å². The van der Waals surface area contributed by atoms with Crippen molar-refractivity contribution >= 4 is 22.4 Å². The standard InChI is InChI=1S/C15H14N2O4S/c18-10(9-16-15(19)17-14-4-2-8-22-14)11-5-6-13(21-11)12-3-1-7-20-12/h1-8,10,18H,9H2,(H2,16,17,19). The van der Waals surface area contributed by atoms with E-state index in [2.05, 4.69) is 10.6 Å². The number of rotatable bonds is 5.